The molecule has 0 spiro atoms. The van der Waals surface area contributed by atoms with E-state index in [-0.39, 0.29) is 23.5 Å². The van der Waals surface area contributed by atoms with Crippen molar-refractivity contribution in [2.45, 2.75) is 25.7 Å². The smallest absolute Gasteiger partial charge is 0.228 e. The van der Waals surface area contributed by atoms with Crippen molar-refractivity contribution in [1.29, 1.82) is 5.26 Å². The van der Waals surface area contributed by atoms with Gasteiger partial charge in [0.05, 0.1) is 18.2 Å². The maximum atomic E-state index is 15.8. The number of aromatic nitrogens is 2. The zero-order chi connectivity index (χ0) is 29.7. The van der Waals surface area contributed by atoms with Gasteiger partial charge in [-0.3, -0.25) is 4.79 Å². The predicted molar refractivity (Wildman–Crippen MR) is 162 cm³/mol. The molecular formula is C32H30F2N6O2S. The van der Waals surface area contributed by atoms with Crippen molar-refractivity contribution in [2.24, 2.45) is 5.92 Å². The van der Waals surface area contributed by atoms with Crippen LogP contribution < -0.4 is 9.80 Å². The van der Waals surface area contributed by atoms with Crippen LogP contribution in [-0.2, 0) is 22.4 Å². The summed E-state index contributed by atoms with van der Waals surface area (Å²) in [5.74, 6) is -0.664. The molecule has 2 saturated heterocycles. The molecule has 7 rings (SSSR count). The fraction of sp³-hybridized carbons (Fsp3) is 0.375. The summed E-state index contributed by atoms with van der Waals surface area (Å²) >= 11 is 1.25. The number of piperazine rings is 1. The number of ether oxygens (including phenoxy) is 1. The van der Waals surface area contributed by atoms with Gasteiger partial charge in [-0.05, 0) is 67.6 Å². The first-order valence-electron chi connectivity index (χ1n) is 14.6. The van der Waals surface area contributed by atoms with Gasteiger partial charge in [0.25, 0.3) is 0 Å². The number of aryl methyl sites for hydroxylation is 1. The molecule has 2 aromatic carbocycles. The van der Waals surface area contributed by atoms with Gasteiger partial charge in [-0.25, -0.2) is 18.7 Å². The molecule has 0 radical (unpaired) electrons. The largest absolute Gasteiger partial charge is 0.381 e. The van der Waals surface area contributed by atoms with E-state index in [1.54, 1.807) is 18.2 Å². The summed E-state index contributed by atoms with van der Waals surface area (Å²) in [6, 6.07) is 11.7. The Bertz CT molecular complexity index is 1750. The third-order valence-electron chi connectivity index (χ3n) is 8.72. The highest BCUT2D eigenvalue weighted by molar-refractivity contribution is 7.16. The van der Waals surface area contributed by atoms with Gasteiger partial charge >= 0.3 is 0 Å². The fourth-order valence-electron chi connectivity index (χ4n) is 6.45. The van der Waals surface area contributed by atoms with Crippen LogP contribution in [0.3, 0.4) is 0 Å². The number of amides is 1. The number of hydrogen-bond donors (Lipinski definition) is 0. The molecule has 43 heavy (non-hydrogen) atoms. The van der Waals surface area contributed by atoms with Crippen molar-refractivity contribution in [3.05, 3.63) is 64.2 Å². The molecule has 220 valence electrons. The van der Waals surface area contributed by atoms with E-state index in [1.807, 2.05) is 22.9 Å². The first kappa shape index (κ1) is 27.7. The molecule has 8 nitrogen and oxygen atoms in total. The van der Waals surface area contributed by atoms with Crippen molar-refractivity contribution in [1.82, 2.24) is 14.9 Å². The second kappa shape index (κ2) is 11.2. The summed E-state index contributed by atoms with van der Waals surface area (Å²) in [4.78, 5) is 28.9. The SMILES string of the molecule is CN(c1nc(-c2ccc(F)cc2)c(C#N)s1)c1c2c(nc3c(F)cc(N4CCN(C(=O)[C@H]5CCOC5)CC4)cc13)CCC2. The quantitative estimate of drug-likeness (QED) is 0.301. The average molecular weight is 601 g/mol. The lowest BCUT2D eigenvalue weighted by atomic mass is 10.0. The first-order chi connectivity index (χ1) is 20.9. The van der Waals surface area contributed by atoms with Crippen LogP contribution in [0.2, 0.25) is 0 Å². The van der Waals surface area contributed by atoms with Crippen molar-refractivity contribution in [3.63, 3.8) is 0 Å². The lowest BCUT2D eigenvalue weighted by Gasteiger charge is -2.37. The number of halogens is 2. The van der Waals surface area contributed by atoms with Gasteiger partial charge in [-0.2, -0.15) is 5.26 Å². The molecule has 0 N–H and O–H groups in total. The average Bonchev–Trinajstić information content (AvgIpc) is 3.81. The van der Waals surface area contributed by atoms with Crippen molar-refractivity contribution in [2.75, 3.05) is 56.2 Å². The van der Waals surface area contributed by atoms with Crippen LogP contribution in [0.4, 0.5) is 25.3 Å². The van der Waals surface area contributed by atoms with Crippen LogP contribution in [0.1, 0.15) is 29.0 Å². The minimum absolute atomic E-state index is 0.0630. The van der Waals surface area contributed by atoms with E-state index in [0.717, 1.165) is 48.3 Å². The number of fused-ring (bicyclic) bond motifs is 2. The fourth-order valence-corrected chi connectivity index (χ4v) is 7.30. The number of rotatable bonds is 5. The molecule has 1 atom stereocenters. The van der Waals surface area contributed by atoms with Crippen molar-refractivity contribution >= 4 is 44.7 Å². The highest BCUT2D eigenvalue weighted by Crippen LogP contribution is 2.43. The number of anilines is 3. The van der Waals surface area contributed by atoms with Gasteiger partial charge in [0, 0.05) is 62.2 Å². The van der Waals surface area contributed by atoms with Gasteiger partial charge in [0.2, 0.25) is 5.91 Å². The zero-order valence-electron chi connectivity index (χ0n) is 23.8. The number of hydrogen-bond acceptors (Lipinski definition) is 8. The van der Waals surface area contributed by atoms with Crippen LogP contribution in [0.5, 0.6) is 0 Å². The standard InChI is InChI=1S/C32H30F2N6O2S/c1-38(32-37-28(27(17-35)43-32)19-5-7-21(33)8-6-19)30-23-3-2-4-26(23)36-29-24(30)15-22(16-25(29)34)39-10-12-40(13-11-39)31(41)20-9-14-42-18-20/h5-8,15-16,20H,2-4,9-14,18H2,1H3/t20-/m0/s1. The Hall–Kier alpha value is -4.14. The minimum Gasteiger partial charge on any atom is -0.381 e. The molecule has 2 aromatic heterocycles. The number of carbonyl (C=O) groups is 1. The van der Waals surface area contributed by atoms with Crippen LogP contribution in [0.15, 0.2) is 36.4 Å². The Labute approximate surface area is 252 Å². The Kier molecular flexibility index (Phi) is 7.19. The molecule has 1 aliphatic carbocycles. The maximum Gasteiger partial charge on any atom is 0.228 e. The van der Waals surface area contributed by atoms with E-state index in [9.17, 15) is 14.4 Å². The van der Waals surface area contributed by atoms with Crippen LogP contribution in [0, 0.1) is 28.9 Å². The molecule has 2 aliphatic heterocycles. The van der Waals surface area contributed by atoms with Crippen molar-refractivity contribution < 1.29 is 18.3 Å². The summed E-state index contributed by atoms with van der Waals surface area (Å²) < 4.78 is 34.8. The normalized spacial score (nSPS) is 18.2. The molecule has 2 fully saturated rings. The summed E-state index contributed by atoms with van der Waals surface area (Å²) in [5, 5.41) is 11.2. The lowest BCUT2D eigenvalue weighted by molar-refractivity contribution is -0.135. The lowest BCUT2D eigenvalue weighted by Crippen LogP contribution is -2.50. The van der Waals surface area contributed by atoms with E-state index in [1.165, 1.54) is 23.5 Å². The topological polar surface area (TPSA) is 85.6 Å². The van der Waals surface area contributed by atoms with Gasteiger partial charge < -0.3 is 19.4 Å². The van der Waals surface area contributed by atoms with Gasteiger partial charge in [0.15, 0.2) is 10.9 Å². The molecule has 4 aromatic rings. The monoisotopic (exact) mass is 600 g/mol. The molecule has 0 unspecified atom stereocenters. The minimum atomic E-state index is -0.387. The highest BCUT2D eigenvalue weighted by Gasteiger charge is 2.31. The van der Waals surface area contributed by atoms with E-state index < -0.39 is 0 Å². The number of nitriles is 1. The Balaban J connectivity index is 1.25. The molecule has 3 aliphatic rings. The number of carbonyl (C=O) groups excluding carboxylic acids is 1. The van der Waals surface area contributed by atoms with E-state index >= 15 is 4.39 Å². The van der Waals surface area contributed by atoms with E-state index in [2.05, 4.69) is 11.0 Å². The highest BCUT2D eigenvalue weighted by atomic mass is 32.1. The summed E-state index contributed by atoms with van der Waals surface area (Å²) in [6.07, 6.45) is 3.29. The summed E-state index contributed by atoms with van der Waals surface area (Å²) in [7, 11) is 1.89. The molecule has 0 bridgehead atoms. The van der Waals surface area contributed by atoms with Crippen LogP contribution >= 0.6 is 11.3 Å². The molecular weight excluding hydrogens is 570 g/mol. The first-order valence-corrected chi connectivity index (χ1v) is 15.4. The van der Waals surface area contributed by atoms with Crippen molar-refractivity contribution in [3.8, 4) is 17.3 Å². The Morgan fingerprint density at radius 1 is 1.12 bits per heavy atom. The summed E-state index contributed by atoms with van der Waals surface area (Å²) in [6.45, 7) is 3.48. The molecule has 4 heterocycles. The van der Waals surface area contributed by atoms with Gasteiger partial charge in [0.1, 0.15) is 28.0 Å². The zero-order valence-corrected chi connectivity index (χ0v) is 24.6. The van der Waals surface area contributed by atoms with E-state index in [0.29, 0.717) is 71.6 Å². The number of nitrogens with zero attached hydrogens (tertiary/aromatic N) is 6. The number of thiazole rings is 1. The molecule has 0 saturated carbocycles. The second-order valence-electron chi connectivity index (χ2n) is 11.3. The third kappa shape index (κ3) is 4.98. The van der Waals surface area contributed by atoms with Gasteiger partial charge in [-0.1, -0.05) is 11.3 Å². The van der Waals surface area contributed by atoms with Gasteiger partial charge in [-0.15, -0.1) is 0 Å². The molecule has 1 amide bonds. The van der Waals surface area contributed by atoms with Crippen LogP contribution in [-0.4, -0.2) is 67.2 Å². The Morgan fingerprint density at radius 3 is 2.63 bits per heavy atom. The second-order valence-corrected chi connectivity index (χ2v) is 12.3. The predicted octanol–water partition coefficient (Wildman–Crippen LogP) is 5.45. The number of pyridine rings is 1. The number of benzene rings is 2. The maximum absolute atomic E-state index is 15.8. The molecule has 11 heteroatoms. The Morgan fingerprint density at radius 2 is 1.91 bits per heavy atom. The van der Waals surface area contributed by atoms with E-state index in [4.69, 9.17) is 14.7 Å². The third-order valence-corrected chi connectivity index (χ3v) is 9.75. The summed E-state index contributed by atoms with van der Waals surface area (Å²) in [5.41, 5.74) is 5.02. The van der Waals surface area contributed by atoms with Crippen LogP contribution in [0.25, 0.3) is 22.2 Å².